The molecule has 94 valence electrons. The number of ether oxygens (including phenoxy) is 1. The predicted molar refractivity (Wildman–Crippen MR) is 66.0 cm³/mol. The van der Waals surface area contributed by atoms with Crippen LogP contribution in [0, 0.1) is 0 Å². The number of aliphatic hydroxyl groups excluding tert-OH is 1. The maximum atomic E-state index is 11.4. The third kappa shape index (κ3) is 4.87. The van der Waals surface area contributed by atoms with Crippen LogP contribution in [0.4, 0.5) is 0 Å². The van der Waals surface area contributed by atoms with Crippen LogP contribution in [0.2, 0.25) is 0 Å². The maximum Gasteiger partial charge on any atom is 0.257 e. The van der Waals surface area contributed by atoms with E-state index >= 15 is 0 Å². The highest BCUT2D eigenvalue weighted by Crippen LogP contribution is 2.17. The first-order chi connectivity index (χ1) is 8.27. The molecule has 0 aliphatic rings. The molecule has 0 spiro atoms. The Balaban J connectivity index is 2.47. The molecule has 0 aliphatic carbocycles. The molecular formula is C13H19NO3. The van der Waals surface area contributed by atoms with Gasteiger partial charge in [0.05, 0.1) is 0 Å². The normalized spacial score (nSPS) is 10.0. The fraction of sp³-hybridized carbons (Fsp3) is 0.462. The van der Waals surface area contributed by atoms with Gasteiger partial charge in [0, 0.05) is 13.2 Å². The van der Waals surface area contributed by atoms with Gasteiger partial charge in [-0.05, 0) is 24.5 Å². The molecule has 0 bridgehead atoms. The van der Waals surface area contributed by atoms with Crippen molar-refractivity contribution in [3.8, 4) is 5.75 Å². The lowest BCUT2D eigenvalue weighted by molar-refractivity contribution is -0.123. The molecule has 0 fully saturated rings. The van der Waals surface area contributed by atoms with Gasteiger partial charge in [0.2, 0.25) is 0 Å². The molecule has 4 heteroatoms. The van der Waals surface area contributed by atoms with E-state index in [1.54, 1.807) is 6.07 Å². The highest BCUT2D eigenvalue weighted by atomic mass is 16.5. The Morgan fingerprint density at radius 1 is 1.41 bits per heavy atom. The summed E-state index contributed by atoms with van der Waals surface area (Å²) in [5, 5.41) is 11.6. The second-order valence-corrected chi connectivity index (χ2v) is 3.72. The van der Waals surface area contributed by atoms with Crippen LogP contribution in [-0.2, 0) is 11.2 Å². The molecular weight excluding hydrogens is 218 g/mol. The van der Waals surface area contributed by atoms with E-state index in [9.17, 15) is 4.79 Å². The zero-order valence-corrected chi connectivity index (χ0v) is 10.1. The number of carbonyl (C=O) groups is 1. The van der Waals surface area contributed by atoms with Crippen molar-refractivity contribution in [2.75, 3.05) is 19.8 Å². The van der Waals surface area contributed by atoms with Crippen molar-refractivity contribution in [3.05, 3.63) is 29.8 Å². The van der Waals surface area contributed by atoms with Crippen LogP contribution in [0.15, 0.2) is 24.3 Å². The van der Waals surface area contributed by atoms with Gasteiger partial charge in [-0.25, -0.2) is 0 Å². The molecule has 1 aromatic rings. The van der Waals surface area contributed by atoms with E-state index < -0.39 is 0 Å². The van der Waals surface area contributed by atoms with Gasteiger partial charge in [0.25, 0.3) is 5.91 Å². The van der Waals surface area contributed by atoms with Crippen LogP contribution in [-0.4, -0.2) is 30.8 Å². The average Bonchev–Trinajstić information content (AvgIpc) is 2.35. The monoisotopic (exact) mass is 237 g/mol. The van der Waals surface area contributed by atoms with E-state index in [0.29, 0.717) is 18.7 Å². The summed E-state index contributed by atoms with van der Waals surface area (Å²) in [6, 6.07) is 7.42. The summed E-state index contributed by atoms with van der Waals surface area (Å²) in [5.41, 5.74) is 0.915. The van der Waals surface area contributed by atoms with Crippen molar-refractivity contribution in [1.82, 2.24) is 5.32 Å². The first kappa shape index (κ1) is 13.5. The van der Waals surface area contributed by atoms with Crippen molar-refractivity contribution in [1.29, 1.82) is 0 Å². The number of aliphatic hydroxyl groups is 1. The number of para-hydroxylation sites is 1. The van der Waals surface area contributed by atoms with E-state index in [-0.39, 0.29) is 19.1 Å². The first-order valence-corrected chi connectivity index (χ1v) is 5.86. The smallest absolute Gasteiger partial charge is 0.257 e. The van der Waals surface area contributed by atoms with E-state index in [1.165, 1.54) is 0 Å². The van der Waals surface area contributed by atoms with E-state index in [4.69, 9.17) is 9.84 Å². The van der Waals surface area contributed by atoms with Crippen LogP contribution >= 0.6 is 0 Å². The minimum Gasteiger partial charge on any atom is -0.483 e. The number of carbonyl (C=O) groups excluding carboxylic acids is 1. The maximum absolute atomic E-state index is 11.4. The van der Waals surface area contributed by atoms with Gasteiger partial charge in [0.1, 0.15) is 5.75 Å². The van der Waals surface area contributed by atoms with Crippen LogP contribution in [0.25, 0.3) is 0 Å². The van der Waals surface area contributed by atoms with Crippen LogP contribution in [0.5, 0.6) is 5.75 Å². The van der Waals surface area contributed by atoms with E-state index in [2.05, 4.69) is 5.32 Å². The Kier molecular flexibility index (Phi) is 6.10. The minimum atomic E-state index is -0.120. The Morgan fingerprint density at radius 3 is 2.88 bits per heavy atom. The largest absolute Gasteiger partial charge is 0.483 e. The lowest BCUT2D eigenvalue weighted by atomic mass is 10.1. The molecule has 0 radical (unpaired) electrons. The fourth-order valence-electron chi connectivity index (χ4n) is 1.43. The third-order valence-corrected chi connectivity index (χ3v) is 2.28. The van der Waals surface area contributed by atoms with Crippen LogP contribution < -0.4 is 10.1 Å². The molecule has 1 aromatic carbocycles. The summed E-state index contributed by atoms with van der Waals surface area (Å²) >= 11 is 0. The third-order valence-electron chi connectivity index (χ3n) is 2.28. The second-order valence-electron chi connectivity index (χ2n) is 3.72. The summed E-state index contributed by atoms with van der Waals surface area (Å²) in [6.45, 7) is 2.75. The molecule has 0 heterocycles. The van der Waals surface area contributed by atoms with E-state index in [0.717, 1.165) is 12.0 Å². The van der Waals surface area contributed by atoms with E-state index in [1.807, 2.05) is 25.1 Å². The summed E-state index contributed by atoms with van der Waals surface area (Å²) in [5.74, 6) is 0.541. The van der Waals surface area contributed by atoms with Gasteiger partial charge in [-0.15, -0.1) is 0 Å². The zero-order valence-electron chi connectivity index (χ0n) is 10.1. The molecule has 0 atom stereocenters. The Labute approximate surface area is 102 Å². The lowest BCUT2D eigenvalue weighted by Gasteiger charge is -2.10. The SMILES string of the molecule is CCCNC(=O)COc1ccccc1CCO. The molecule has 0 unspecified atom stereocenters. The van der Waals surface area contributed by atoms with Crippen molar-refractivity contribution in [2.24, 2.45) is 0 Å². The predicted octanol–water partition coefficient (Wildman–Crippen LogP) is 1.13. The number of nitrogens with one attached hydrogen (secondary N) is 1. The van der Waals surface area contributed by atoms with Crippen molar-refractivity contribution in [3.63, 3.8) is 0 Å². The van der Waals surface area contributed by atoms with Crippen molar-refractivity contribution < 1.29 is 14.6 Å². The fourth-order valence-corrected chi connectivity index (χ4v) is 1.43. The summed E-state index contributed by atoms with van der Waals surface area (Å²) in [4.78, 5) is 11.4. The lowest BCUT2D eigenvalue weighted by Crippen LogP contribution is -2.29. The second kappa shape index (κ2) is 7.68. The quantitative estimate of drug-likeness (QED) is 0.747. The van der Waals surface area contributed by atoms with Crippen molar-refractivity contribution in [2.45, 2.75) is 19.8 Å². The Morgan fingerprint density at radius 2 is 2.18 bits per heavy atom. The number of hydrogen-bond acceptors (Lipinski definition) is 3. The van der Waals surface area contributed by atoms with Gasteiger partial charge in [-0.2, -0.15) is 0 Å². The number of benzene rings is 1. The highest BCUT2D eigenvalue weighted by Gasteiger charge is 2.05. The van der Waals surface area contributed by atoms with Crippen LogP contribution in [0.1, 0.15) is 18.9 Å². The number of hydrogen-bond donors (Lipinski definition) is 2. The summed E-state index contributed by atoms with van der Waals surface area (Å²) in [7, 11) is 0. The molecule has 17 heavy (non-hydrogen) atoms. The molecule has 4 nitrogen and oxygen atoms in total. The van der Waals surface area contributed by atoms with Crippen LogP contribution in [0.3, 0.4) is 0 Å². The zero-order chi connectivity index (χ0) is 12.5. The van der Waals surface area contributed by atoms with Gasteiger partial charge >= 0.3 is 0 Å². The number of rotatable bonds is 7. The molecule has 1 rings (SSSR count). The molecule has 0 aliphatic heterocycles. The number of amides is 1. The van der Waals surface area contributed by atoms with Gasteiger partial charge < -0.3 is 15.2 Å². The minimum absolute atomic E-state index is 0.0163. The molecule has 0 saturated heterocycles. The molecule has 1 amide bonds. The topological polar surface area (TPSA) is 58.6 Å². The van der Waals surface area contributed by atoms with Gasteiger partial charge in [-0.3, -0.25) is 4.79 Å². The van der Waals surface area contributed by atoms with Gasteiger partial charge in [0.15, 0.2) is 6.61 Å². The average molecular weight is 237 g/mol. The first-order valence-electron chi connectivity index (χ1n) is 5.86. The molecule has 2 N–H and O–H groups in total. The Hall–Kier alpha value is -1.55. The molecule has 0 aromatic heterocycles. The standard InChI is InChI=1S/C13H19NO3/c1-2-8-14-13(16)10-17-12-6-4-3-5-11(12)7-9-15/h3-6,15H,2,7-10H2,1H3,(H,14,16). The Bertz CT molecular complexity index is 352. The van der Waals surface area contributed by atoms with Crippen molar-refractivity contribution >= 4 is 5.91 Å². The summed E-state index contributed by atoms with van der Waals surface area (Å²) in [6.07, 6.45) is 1.44. The van der Waals surface area contributed by atoms with Gasteiger partial charge in [-0.1, -0.05) is 25.1 Å². The summed E-state index contributed by atoms with van der Waals surface area (Å²) < 4.78 is 5.43. The highest BCUT2D eigenvalue weighted by molar-refractivity contribution is 5.77. The molecule has 0 saturated carbocycles.